The quantitative estimate of drug-likeness (QED) is 0.521. The molecule has 0 saturated heterocycles. The van der Waals surface area contributed by atoms with Crippen molar-refractivity contribution in [1.29, 1.82) is 0 Å². The summed E-state index contributed by atoms with van der Waals surface area (Å²) < 4.78 is 0. The van der Waals surface area contributed by atoms with E-state index >= 15 is 0 Å². The van der Waals surface area contributed by atoms with Crippen LogP contribution in [0.1, 0.15) is 32.1 Å². The fourth-order valence-corrected chi connectivity index (χ4v) is 1.33. The molecule has 0 atom stereocenters. The highest BCUT2D eigenvalue weighted by Gasteiger charge is 2.01. The Balaban J connectivity index is 2.05. The Labute approximate surface area is 78.2 Å². The van der Waals surface area contributed by atoms with Crippen molar-refractivity contribution >= 4 is 11.7 Å². The summed E-state index contributed by atoms with van der Waals surface area (Å²) in [5.41, 5.74) is 1.22. The normalized spacial score (nSPS) is 15.5. The number of allylic oxidation sites excluding steroid dienone is 1. The van der Waals surface area contributed by atoms with Gasteiger partial charge in [0.25, 0.3) is 0 Å². The zero-order valence-electron chi connectivity index (χ0n) is 7.70. The molecule has 0 aliphatic carbocycles. The summed E-state index contributed by atoms with van der Waals surface area (Å²) in [6, 6.07) is 0. The number of nitrogens with zero attached hydrogens (tertiary/aromatic N) is 1. The van der Waals surface area contributed by atoms with Crippen LogP contribution in [0.4, 0.5) is 0 Å². The Morgan fingerprint density at radius 2 is 2.31 bits per heavy atom. The van der Waals surface area contributed by atoms with E-state index in [0.717, 1.165) is 32.2 Å². The van der Waals surface area contributed by atoms with Gasteiger partial charge in [-0.05, 0) is 19.3 Å². The number of carboxylic acid groups (broad SMARTS) is 1. The summed E-state index contributed by atoms with van der Waals surface area (Å²) in [7, 11) is 0. The van der Waals surface area contributed by atoms with Crippen LogP contribution in [-0.4, -0.2) is 23.3 Å². The van der Waals surface area contributed by atoms with Gasteiger partial charge in [-0.3, -0.25) is 9.79 Å². The predicted octanol–water partition coefficient (Wildman–Crippen LogP) is 2.03. The lowest BCUT2D eigenvalue weighted by molar-refractivity contribution is -0.137. The monoisotopic (exact) mass is 181 g/mol. The summed E-state index contributed by atoms with van der Waals surface area (Å²) >= 11 is 0. The standard InChI is InChI=1S/C10H15NO2/c12-10(13)7-2-1-5-9-6-3-4-8-11-9/h3-4H,1-2,5-8H2,(H,12,13). The molecule has 0 aromatic carbocycles. The van der Waals surface area contributed by atoms with E-state index in [2.05, 4.69) is 17.1 Å². The first-order valence-electron chi connectivity index (χ1n) is 4.68. The van der Waals surface area contributed by atoms with Gasteiger partial charge in [-0.15, -0.1) is 0 Å². The molecule has 1 rings (SSSR count). The van der Waals surface area contributed by atoms with E-state index in [1.807, 2.05) is 0 Å². The molecule has 0 aromatic rings. The molecule has 0 saturated carbocycles. The first-order valence-corrected chi connectivity index (χ1v) is 4.68. The van der Waals surface area contributed by atoms with E-state index in [-0.39, 0.29) is 6.42 Å². The van der Waals surface area contributed by atoms with E-state index in [0.29, 0.717) is 0 Å². The number of aliphatic imine (C=N–C) groups is 1. The van der Waals surface area contributed by atoms with Crippen LogP contribution in [0.5, 0.6) is 0 Å². The molecule has 3 nitrogen and oxygen atoms in total. The molecular weight excluding hydrogens is 166 g/mol. The molecule has 0 radical (unpaired) electrons. The first-order chi connectivity index (χ1) is 6.29. The second kappa shape index (κ2) is 5.51. The molecule has 13 heavy (non-hydrogen) atoms. The minimum Gasteiger partial charge on any atom is -0.481 e. The van der Waals surface area contributed by atoms with Gasteiger partial charge in [-0.1, -0.05) is 12.2 Å². The van der Waals surface area contributed by atoms with Crippen LogP contribution in [0, 0.1) is 0 Å². The molecule has 0 bridgehead atoms. The zero-order chi connectivity index (χ0) is 9.52. The van der Waals surface area contributed by atoms with Crippen molar-refractivity contribution in [3.63, 3.8) is 0 Å². The lowest BCUT2D eigenvalue weighted by atomic mass is 10.1. The maximum atomic E-state index is 10.2. The van der Waals surface area contributed by atoms with Crippen molar-refractivity contribution in [3.05, 3.63) is 12.2 Å². The summed E-state index contributed by atoms with van der Waals surface area (Å²) in [6.07, 6.45) is 8.07. The average Bonchev–Trinajstić information content (AvgIpc) is 2.14. The topological polar surface area (TPSA) is 49.7 Å². The number of carbonyl (C=O) groups is 1. The molecule has 72 valence electrons. The van der Waals surface area contributed by atoms with E-state index in [1.165, 1.54) is 5.71 Å². The third-order valence-electron chi connectivity index (χ3n) is 2.05. The number of hydrogen-bond donors (Lipinski definition) is 1. The van der Waals surface area contributed by atoms with Gasteiger partial charge < -0.3 is 5.11 Å². The fourth-order valence-electron chi connectivity index (χ4n) is 1.33. The third kappa shape index (κ3) is 4.45. The molecule has 0 aromatic heterocycles. The number of hydrogen-bond acceptors (Lipinski definition) is 2. The van der Waals surface area contributed by atoms with Crippen LogP contribution in [0.15, 0.2) is 17.1 Å². The van der Waals surface area contributed by atoms with E-state index in [1.54, 1.807) is 0 Å². The predicted molar refractivity (Wildman–Crippen MR) is 52.2 cm³/mol. The number of aliphatic carboxylic acids is 1. The van der Waals surface area contributed by atoms with Crippen LogP contribution < -0.4 is 0 Å². The molecule has 1 aliphatic rings. The lowest BCUT2D eigenvalue weighted by Gasteiger charge is -2.06. The molecule has 1 N–H and O–H groups in total. The van der Waals surface area contributed by atoms with Crippen molar-refractivity contribution in [1.82, 2.24) is 0 Å². The Morgan fingerprint density at radius 3 is 2.92 bits per heavy atom. The molecule has 0 unspecified atom stereocenters. The maximum absolute atomic E-state index is 10.2. The van der Waals surface area contributed by atoms with Crippen molar-refractivity contribution in [3.8, 4) is 0 Å². The van der Waals surface area contributed by atoms with Crippen LogP contribution in [0.2, 0.25) is 0 Å². The van der Waals surface area contributed by atoms with Crippen LogP contribution in [0.25, 0.3) is 0 Å². The Hall–Kier alpha value is -1.12. The summed E-state index contributed by atoms with van der Waals surface area (Å²) in [6.45, 7) is 0.800. The number of carboxylic acids is 1. The molecular formula is C10H15NO2. The SMILES string of the molecule is O=C(O)CCCCC1=NCC=CC1. The maximum Gasteiger partial charge on any atom is 0.303 e. The molecule has 0 amide bonds. The second-order valence-corrected chi connectivity index (χ2v) is 3.18. The number of unbranched alkanes of at least 4 members (excludes halogenated alkanes) is 1. The Kier molecular flexibility index (Phi) is 4.23. The van der Waals surface area contributed by atoms with Gasteiger partial charge in [0.1, 0.15) is 0 Å². The van der Waals surface area contributed by atoms with Crippen LogP contribution >= 0.6 is 0 Å². The number of rotatable bonds is 5. The highest BCUT2D eigenvalue weighted by molar-refractivity contribution is 5.86. The van der Waals surface area contributed by atoms with Gasteiger partial charge in [-0.25, -0.2) is 0 Å². The van der Waals surface area contributed by atoms with Gasteiger partial charge in [0.2, 0.25) is 0 Å². The van der Waals surface area contributed by atoms with Gasteiger partial charge >= 0.3 is 5.97 Å². The zero-order valence-corrected chi connectivity index (χ0v) is 7.70. The fraction of sp³-hybridized carbons (Fsp3) is 0.600. The lowest BCUT2D eigenvalue weighted by Crippen LogP contribution is -2.02. The largest absolute Gasteiger partial charge is 0.481 e. The minimum atomic E-state index is -0.703. The van der Waals surface area contributed by atoms with Crippen molar-refractivity contribution in [2.75, 3.05) is 6.54 Å². The molecule has 1 heterocycles. The highest BCUT2D eigenvalue weighted by atomic mass is 16.4. The van der Waals surface area contributed by atoms with Crippen molar-refractivity contribution in [2.45, 2.75) is 32.1 Å². The van der Waals surface area contributed by atoms with E-state index < -0.39 is 5.97 Å². The van der Waals surface area contributed by atoms with Crippen molar-refractivity contribution in [2.24, 2.45) is 4.99 Å². The molecule has 0 spiro atoms. The third-order valence-corrected chi connectivity index (χ3v) is 2.05. The summed E-state index contributed by atoms with van der Waals surface area (Å²) in [5, 5.41) is 8.41. The van der Waals surface area contributed by atoms with E-state index in [9.17, 15) is 4.79 Å². The second-order valence-electron chi connectivity index (χ2n) is 3.18. The van der Waals surface area contributed by atoms with Crippen LogP contribution in [-0.2, 0) is 4.79 Å². The van der Waals surface area contributed by atoms with Gasteiger partial charge in [0.15, 0.2) is 0 Å². The average molecular weight is 181 g/mol. The summed E-state index contributed by atoms with van der Waals surface area (Å²) in [5.74, 6) is -0.703. The molecule has 0 fully saturated rings. The Bertz CT molecular complexity index is 231. The highest BCUT2D eigenvalue weighted by Crippen LogP contribution is 2.07. The van der Waals surface area contributed by atoms with E-state index in [4.69, 9.17) is 5.11 Å². The Morgan fingerprint density at radius 1 is 1.46 bits per heavy atom. The minimum absolute atomic E-state index is 0.281. The van der Waals surface area contributed by atoms with Gasteiger partial charge in [-0.2, -0.15) is 0 Å². The molecule has 3 heteroatoms. The van der Waals surface area contributed by atoms with Crippen LogP contribution in [0.3, 0.4) is 0 Å². The van der Waals surface area contributed by atoms with Crippen molar-refractivity contribution < 1.29 is 9.90 Å². The van der Waals surface area contributed by atoms with Gasteiger partial charge in [0, 0.05) is 18.6 Å². The smallest absolute Gasteiger partial charge is 0.303 e. The first kappa shape index (κ1) is 9.96. The number of dihydropyridines is 1. The van der Waals surface area contributed by atoms with Gasteiger partial charge in [0.05, 0.1) is 6.54 Å². The summed E-state index contributed by atoms with van der Waals surface area (Å²) in [4.78, 5) is 14.5. The molecule has 1 aliphatic heterocycles.